The summed E-state index contributed by atoms with van der Waals surface area (Å²) in [6.07, 6.45) is 0. The van der Waals surface area contributed by atoms with Crippen LogP contribution < -0.4 is 5.32 Å². The number of carbonyl (C=O) groups excluding carboxylic acids is 1. The minimum Gasteiger partial charge on any atom is -0.506 e. The molecule has 0 saturated carbocycles. The number of phenolic OH excluding ortho intramolecular Hbond substituents is 1. The van der Waals surface area contributed by atoms with E-state index in [1.54, 1.807) is 25.1 Å². The Morgan fingerprint density at radius 1 is 1.15 bits per heavy atom. The normalized spacial score (nSPS) is 10.4. The number of phenols is 1. The van der Waals surface area contributed by atoms with Crippen LogP contribution in [0.15, 0.2) is 30.3 Å². The Labute approximate surface area is 123 Å². The highest BCUT2D eigenvalue weighted by Crippen LogP contribution is 2.35. The summed E-state index contributed by atoms with van der Waals surface area (Å²) in [5, 5.41) is 12.7. The van der Waals surface area contributed by atoms with Crippen LogP contribution in [0.1, 0.15) is 27.0 Å². The van der Waals surface area contributed by atoms with Crippen LogP contribution in [-0.2, 0) is 0 Å². The van der Waals surface area contributed by atoms with Gasteiger partial charge < -0.3 is 10.4 Å². The van der Waals surface area contributed by atoms with Crippen molar-refractivity contribution in [3.8, 4) is 5.75 Å². The molecular weight excluding hydrogens is 274 g/mol. The molecule has 0 aromatic heterocycles. The average molecular weight is 290 g/mol. The maximum Gasteiger partial charge on any atom is 0.255 e. The van der Waals surface area contributed by atoms with E-state index in [1.807, 2.05) is 26.0 Å². The highest BCUT2D eigenvalue weighted by Gasteiger charge is 2.14. The first-order valence-corrected chi connectivity index (χ1v) is 6.64. The molecule has 1 amide bonds. The maximum atomic E-state index is 12.2. The zero-order valence-electron chi connectivity index (χ0n) is 11.6. The van der Waals surface area contributed by atoms with E-state index in [0.717, 1.165) is 11.1 Å². The van der Waals surface area contributed by atoms with Crippen LogP contribution in [0.25, 0.3) is 0 Å². The van der Waals surface area contributed by atoms with E-state index >= 15 is 0 Å². The zero-order chi connectivity index (χ0) is 14.9. The van der Waals surface area contributed by atoms with Gasteiger partial charge in [-0.2, -0.15) is 0 Å². The smallest absolute Gasteiger partial charge is 0.255 e. The van der Waals surface area contributed by atoms with Gasteiger partial charge in [-0.1, -0.05) is 29.3 Å². The van der Waals surface area contributed by atoms with Gasteiger partial charge in [-0.3, -0.25) is 4.79 Å². The molecule has 0 aliphatic rings. The topological polar surface area (TPSA) is 49.3 Å². The van der Waals surface area contributed by atoms with Crippen molar-refractivity contribution in [1.82, 2.24) is 0 Å². The summed E-state index contributed by atoms with van der Waals surface area (Å²) in [5.41, 5.74) is 3.74. The van der Waals surface area contributed by atoms with Crippen molar-refractivity contribution < 1.29 is 9.90 Å². The molecular formula is C16H16ClNO2. The summed E-state index contributed by atoms with van der Waals surface area (Å²) in [5.74, 6) is -0.173. The van der Waals surface area contributed by atoms with Gasteiger partial charge in [-0.25, -0.2) is 0 Å². The summed E-state index contributed by atoms with van der Waals surface area (Å²) in [7, 11) is 0. The highest BCUT2D eigenvalue weighted by molar-refractivity contribution is 6.33. The number of rotatable bonds is 2. The molecule has 104 valence electrons. The molecule has 3 nitrogen and oxygen atoms in total. The third kappa shape index (κ3) is 2.78. The molecule has 20 heavy (non-hydrogen) atoms. The monoisotopic (exact) mass is 289 g/mol. The zero-order valence-corrected chi connectivity index (χ0v) is 12.4. The molecule has 0 atom stereocenters. The minimum absolute atomic E-state index is 0.0231. The van der Waals surface area contributed by atoms with E-state index in [4.69, 9.17) is 11.6 Å². The Hall–Kier alpha value is -2.00. The second-order valence-electron chi connectivity index (χ2n) is 4.85. The van der Waals surface area contributed by atoms with E-state index in [1.165, 1.54) is 0 Å². The van der Waals surface area contributed by atoms with Crippen LogP contribution in [0.4, 0.5) is 5.69 Å². The average Bonchev–Trinajstić information content (AvgIpc) is 2.42. The summed E-state index contributed by atoms with van der Waals surface area (Å²) in [6.45, 7) is 5.54. The van der Waals surface area contributed by atoms with Gasteiger partial charge in [-0.05, 0) is 50.1 Å². The fourth-order valence-corrected chi connectivity index (χ4v) is 2.17. The fraction of sp³-hybridized carbons (Fsp3) is 0.188. The van der Waals surface area contributed by atoms with Crippen molar-refractivity contribution in [2.75, 3.05) is 5.32 Å². The molecule has 4 heteroatoms. The number of carbonyl (C=O) groups is 1. The number of hydrogen-bond acceptors (Lipinski definition) is 2. The molecule has 0 saturated heterocycles. The highest BCUT2D eigenvalue weighted by atomic mass is 35.5. The summed E-state index contributed by atoms with van der Waals surface area (Å²) >= 11 is 6.00. The third-order valence-corrected chi connectivity index (χ3v) is 3.71. The summed E-state index contributed by atoms with van der Waals surface area (Å²) < 4.78 is 0. The predicted molar refractivity (Wildman–Crippen MR) is 81.7 cm³/mol. The quantitative estimate of drug-likeness (QED) is 0.813. The SMILES string of the molecule is Cc1ccc(C(=O)Nc2c(C)cc(O)c(Cl)c2C)cc1. The van der Waals surface area contributed by atoms with Gasteiger partial charge in [-0.15, -0.1) is 0 Å². The van der Waals surface area contributed by atoms with Gasteiger partial charge in [0.1, 0.15) is 5.75 Å². The Balaban J connectivity index is 2.33. The number of amides is 1. The van der Waals surface area contributed by atoms with Gasteiger partial charge in [0.2, 0.25) is 0 Å². The molecule has 2 aromatic carbocycles. The molecule has 0 bridgehead atoms. The van der Waals surface area contributed by atoms with Crippen molar-refractivity contribution in [2.24, 2.45) is 0 Å². The first-order valence-electron chi connectivity index (χ1n) is 6.27. The van der Waals surface area contributed by atoms with Crippen LogP contribution in [0.3, 0.4) is 0 Å². The molecule has 2 N–H and O–H groups in total. The largest absolute Gasteiger partial charge is 0.506 e. The first kappa shape index (κ1) is 14.4. The molecule has 0 heterocycles. The van der Waals surface area contributed by atoms with E-state index in [-0.39, 0.29) is 16.7 Å². The Morgan fingerprint density at radius 3 is 2.35 bits per heavy atom. The van der Waals surface area contributed by atoms with Crippen molar-refractivity contribution in [3.05, 3.63) is 57.6 Å². The molecule has 0 spiro atoms. The van der Waals surface area contributed by atoms with Crippen LogP contribution >= 0.6 is 11.6 Å². The molecule has 2 rings (SSSR count). The van der Waals surface area contributed by atoms with Crippen molar-refractivity contribution >= 4 is 23.2 Å². The number of benzene rings is 2. The van der Waals surface area contributed by atoms with Gasteiger partial charge in [0, 0.05) is 11.3 Å². The Morgan fingerprint density at radius 2 is 1.75 bits per heavy atom. The van der Waals surface area contributed by atoms with E-state index < -0.39 is 0 Å². The van der Waals surface area contributed by atoms with E-state index in [0.29, 0.717) is 16.8 Å². The second-order valence-corrected chi connectivity index (χ2v) is 5.22. The van der Waals surface area contributed by atoms with Crippen LogP contribution in [0, 0.1) is 20.8 Å². The molecule has 0 unspecified atom stereocenters. The first-order chi connectivity index (χ1) is 9.40. The predicted octanol–water partition coefficient (Wildman–Crippen LogP) is 4.22. The van der Waals surface area contributed by atoms with Crippen molar-refractivity contribution in [2.45, 2.75) is 20.8 Å². The van der Waals surface area contributed by atoms with Crippen LogP contribution in [-0.4, -0.2) is 11.0 Å². The molecule has 0 aliphatic carbocycles. The number of hydrogen-bond donors (Lipinski definition) is 2. The Bertz CT molecular complexity index is 663. The van der Waals surface area contributed by atoms with Crippen molar-refractivity contribution in [1.29, 1.82) is 0 Å². The summed E-state index contributed by atoms with van der Waals surface area (Å²) in [4.78, 5) is 12.2. The van der Waals surface area contributed by atoms with E-state index in [2.05, 4.69) is 5.32 Å². The minimum atomic E-state index is -0.196. The van der Waals surface area contributed by atoms with Crippen molar-refractivity contribution in [3.63, 3.8) is 0 Å². The lowest BCUT2D eigenvalue weighted by molar-refractivity contribution is 0.102. The lowest BCUT2D eigenvalue weighted by atomic mass is 10.1. The van der Waals surface area contributed by atoms with Gasteiger partial charge in [0.05, 0.1) is 5.02 Å². The number of nitrogens with one attached hydrogen (secondary N) is 1. The molecule has 0 aliphatic heterocycles. The maximum absolute atomic E-state index is 12.2. The second kappa shape index (κ2) is 5.55. The molecule has 0 radical (unpaired) electrons. The van der Waals surface area contributed by atoms with Gasteiger partial charge in [0.25, 0.3) is 5.91 Å². The lowest BCUT2D eigenvalue weighted by Gasteiger charge is -2.14. The lowest BCUT2D eigenvalue weighted by Crippen LogP contribution is -2.14. The van der Waals surface area contributed by atoms with Crippen LogP contribution in [0.5, 0.6) is 5.75 Å². The standard InChI is InChI=1S/C16H16ClNO2/c1-9-4-6-12(7-5-9)16(20)18-15-10(2)8-13(19)14(17)11(15)3/h4-8,19H,1-3H3,(H,18,20). The van der Waals surface area contributed by atoms with Crippen LogP contribution in [0.2, 0.25) is 5.02 Å². The van der Waals surface area contributed by atoms with Gasteiger partial charge >= 0.3 is 0 Å². The summed E-state index contributed by atoms with van der Waals surface area (Å²) in [6, 6.07) is 8.87. The third-order valence-electron chi connectivity index (χ3n) is 3.23. The molecule has 2 aromatic rings. The molecule has 0 fully saturated rings. The fourth-order valence-electron chi connectivity index (χ4n) is 2.02. The number of halogens is 1. The number of aryl methyl sites for hydroxylation is 2. The Kier molecular flexibility index (Phi) is 4.00. The van der Waals surface area contributed by atoms with Gasteiger partial charge in [0.15, 0.2) is 0 Å². The van der Waals surface area contributed by atoms with E-state index in [9.17, 15) is 9.90 Å². The number of aromatic hydroxyl groups is 1. The number of anilines is 1.